The molecular formula is C14H17ClN2O3. The minimum atomic E-state index is -0.938. The van der Waals surface area contributed by atoms with E-state index in [1.54, 1.807) is 19.2 Å². The van der Waals surface area contributed by atoms with Crippen LogP contribution in [0.25, 0.3) is 0 Å². The molecule has 0 bridgehead atoms. The molecule has 1 N–H and O–H groups in total. The highest BCUT2D eigenvalue weighted by atomic mass is 35.5. The number of hydrogen-bond donors (Lipinski definition) is 1. The molecule has 1 aromatic carbocycles. The summed E-state index contributed by atoms with van der Waals surface area (Å²) in [6.07, 6.45) is 1.25. The lowest BCUT2D eigenvalue weighted by molar-refractivity contribution is -0.141. The van der Waals surface area contributed by atoms with Crippen LogP contribution in [0.5, 0.6) is 0 Å². The minimum Gasteiger partial charge on any atom is -0.480 e. The van der Waals surface area contributed by atoms with E-state index in [0.717, 1.165) is 12.0 Å². The first-order valence-corrected chi connectivity index (χ1v) is 6.86. The average Bonchev–Trinajstić information content (AvgIpc) is 2.87. The number of carboxylic acids is 1. The summed E-state index contributed by atoms with van der Waals surface area (Å²) in [5.74, 6) is -0.938. The summed E-state index contributed by atoms with van der Waals surface area (Å²) in [5.41, 5.74) is 0.916. The fraction of sp³-hybridized carbons (Fsp3) is 0.429. The summed E-state index contributed by atoms with van der Waals surface area (Å²) in [7, 11) is 1.67. The average molecular weight is 297 g/mol. The van der Waals surface area contributed by atoms with Crippen LogP contribution in [0.4, 0.5) is 4.79 Å². The first-order valence-electron chi connectivity index (χ1n) is 6.48. The van der Waals surface area contributed by atoms with Crippen molar-refractivity contribution in [3.63, 3.8) is 0 Å². The van der Waals surface area contributed by atoms with Gasteiger partial charge in [-0.25, -0.2) is 9.59 Å². The molecule has 108 valence electrons. The molecule has 1 saturated heterocycles. The monoisotopic (exact) mass is 296 g/mol. The van der Waals surface area contributed by atoms with Crippen LogP contribution in [-0.4, -0.2) is 46.5 Å². The molecule has 1 aliphatic rings. The maximum atomic E-state index is 12.3. The highest BCUT2D eigenvalue weighted by Crippen LogP contribution is 2.20. The summed E-state index contributed by atoms with van der Waals surface area (Å²) in [6.45, 7) is 0.901. The normalized spacial score (nSPS) is 18.1. The van der Waals surface area contributed by atoms with E-state index in [1.165, 1.54) is 9.80 Å². The Morgan fingerprint density at radius 3 is 2.90 bits per heavy atom. The number of benzene rings is 1. The van der Waals surface area contributed by atoms with Crippen molar-refractivity contribution < 1.29 is 14.7 Å². The number of amides is 2. The van der Waals surface area contributed by atoms with Crippen LogP contribution in [0.2, 0.25) is 5.02 Å². The number of rotatable bonds is 3. The summed E-state index contributed by atoms with van der Waals surface area (Å²) >= 11 is 5.91. The molecule has 5 nitrogen and oxygen atoms in total. The van der Waals surface area contributed by atoms with Crippen molar-refractivity contribution >= 4 is 23.6 Å². The molecule has 1 atom stereocenters. The number of urea groups is 1. The van der Waals surface area contributed by atoms with Gasteiger partial charge in [0.05, 0.1) is 0 Å². The zero-order chi connectivity index (χ0) is 14.7. The molecule has 0 aliphatic carbocycles. The maximum absolute atomic E-state index is 12.3. The van der Waals surface area contributed by atoms with Crippen LogP contribution in [0.1, 0.15) is 18.4 Å². The molecule has 1 heterocycles. The van der Waals surface area contributed by atoms with Crippen LogP contribution in [0.3, 0.4) is 0 Å². The van der Waals surface area contributed by atoms with Crippen LogP contribution < -0.4 is 0 Å². The van der Waals surface area contributed by atoms with Crippen LogP contribution in [0.15, 0.2) is 24.3 Å². The lowest BCUT2D eigenvalue weighted by Crippen LogP contribution is -2.46. The molecule has 20 heavy (non-hydrogen) atoms. The van der Waals surface area contributed by atoms with Crippen molar-refractivity contribution in [2.45, 2.75) is 25.4 Å². The molecule has 2 rings (SSSR count). The van der Waals surface area contributed by atoms with E-state index in [4.69, 9.17) is 16.7 Å². The van der Waals surface area contributed by atoms with E-state index in [-0.39, 0.29) is 6.03 Å². The molecule has 1 aromatic rings. The van der Waals surface area contributed by atoms with E-state index in [9.17, 15) is 9.59 Å². The second-order valence-electron chi connectivity index (χ2n) is 4.96. The summed E-state index contributed by atoms with van der Waals surface area (Å²) in [6, 6.07) is 6.32. The molecule has 0 unspecified atom stereocenters. The Morgan fingerprint density at radius 1 is 1.50 bits per heavy atom. The van der Waals surface area contributed by atoms with Gasteiger partial charge in [-0.1, -0.05) is 23.7 Å². The molecule has 0 spiro atoms. The maximum Gasteiger partial charge on any atom is 0.326 e. The van der Waals surface area contributed by atoms with Gasteiger partial charge in [0, 0.05) is 25.2 Å². The number of carbonyl (C=O) groups is 2. The Labute approximate surface area is 122 Å². The van der Waals surface area contributed by atoms with Crippen molar-refractivity contribution in [1.29, 1.82) is 0 Å². The predicted molar refractivity (Wildman–Crippen MR) is 75.7 cm³/mol. The highest BCUT2D eigenvalue weighted by Gasteiger charge is 2.35. The smallest absolute Gasteiger partial charge is 0.326 e. The first-order chi connectivity index (χ1) is 9.49. The third kappa shape index (κ3) is 3.22. The van der Waals surface area contributed by atoms with Gasteiger partial charge >= 0.3 is 12.0 Å². The topological polar surface area (TPSA) is 60.9 Å². The van der Waals surface area contributed by atoms with E-state index in [2.05, 4.69) is 0 Å². The zero-order valence-corrected chi connectivity index (χ0v) is 12.0. The van der Waals surface area contributed by atoms with Crippen molar-refractivity contribution in [1.82, 2.24) is 9.80 Å². The number of likely N-dealkylation sites (tertiary alicyclic amines) is 1. The van der Waals surface area contributed by atoms with Gasteiger partial charge in [-0.15, -0.1) is 0 Å². The van der Waals surface area contributed by atoms with Crippen LogP contribution in [0, 0.1) is 0 Å². The zero-order valence-electron chi connectivity index (χ0n) is 11.3. The molecule has 2 amide bonds. The van der Waals surface area contributed by atoms with Gasteiger partial charge in [-0.3, -0.25) is 0 Å². The van der Waals surface area contributed by atoms with E-state index < -0.39 is 12.0 Å². The standard InChI is InChI=1S/C14H17ClN2O3/c1-16(9-10-4-2-5-11(15)8-10)14(20)17-7-3-6-12(17)13(18)19/h2,4-5,8,12H,3,6-7,9H2,1H3,(H,18,19)/t12-/m1/s1. The number of nitrogens with zero attached hydrogens (tertiary/aromatic N) is 2. The van der Waals surface area contributed by atoms with E-state index >= 15 is 0 Å². The summed E-state index contributed by atoms with van der Waals surface area (Å²) in [4.78, 5) is 26.4. The Bertz CT molecular complexity index is 521. The molecule has 0 saturated carbocycles. The van der Waals surface area contributed by atoms with Gasteiger partial charge in [-0.05, 0) is 30.5 Å². The van der Waals surface area contributed by atoms with Gasteiger partial charge in [0.25, 0.3) is 0 Å². The lowest BCUT2D eigenvalue weighted by atomic mass is 10.2. The Balaban J connectivity index is 2.03. The number of aliphatic carboxylic acids is 1. The fourth-order valence-corrected chi connectivity index (χ4v) is 2.66. The Hall–Kier alpha value is -1.75. The highest BCUT2D eigenvalue weighted by molar-refractivity contribution is 6.30. The molecular weight excluding hydrogens is 280 g/mol. The molecule has 1 fully saturated rings. The second kappa shape index (κ2) is 6.13. The number of carbonyl (C=O) groups excluding carboxylic acids is 1. The molecule has 0 aromatic heterocycles. The molecule has 6 heteroatoms. The van der Waals surface area contributed by atoms with Gasteiger partial charge in [0.15, 0.2) is 0 Å². The number of hydrogen-bond acceptors (Lipinski definition) is 2. The van der Waals surface area contributed by atoms with Crippen molar-refractivity contribution in [2.24, 2.45) is 0 Å². The van der Waals surface area contributed by atoms with Gasteiger partial charge < -0.3 is 14.9 Å². The largest absolute Gasteiger partial charge is 0.480 e. The second-order valence-corrected chi connectivity index (χ2v) is 5.39. The van der Waals surface area contributed by atoms with Crippen molar-refractivity contribution in [2.75, 3.05) is 13.6 Å². The SMILES string of the molecule is CN(Cc1cccc(Cl)c1)C(=O)N1CCC[C@@H]1C(=O)O. The molecule has 0 radical (unpaired) electrons. The lowest BCUT2D eigenvalue weighted by Gasteiger charge is -2.27. The van der Waals surface area contributed by atoms with E-state index in [0.29, 0.717) is 24.5 Å². The number of halogens is 1. The first kappa shape index (κ1) is 14.7. The summed E-state index contributed by atoms with van der Waals surface area (Å²) < 4.78 is 0. The predicted octanol–water partition coefficient (Wildman–Crippen LogP) is 2.44. The molecule has 1 aliphatic heterocycles. The number of carboxylic acid groups (broad SMARTS) is 1. The van der Waals surface area contributed by atoms with Crippen molar-refractivity contribution in [3.8, 4) is 0 Å². The van der Waals surface area contributed by atoms with Gasteiger partial charge in [0.2, 0.25) is 0 Å². The Kier molecular flexibility index (Phi) is 4.49. The third-order valence-corrected chi connectivity index (χ3v) is 3.65. The minimum absolute atomic E-state index is 0.255. The van der Waals surface area contributed by atoms with Crippen LogP contribution >= 0.6 is 11.6 Å². The Morgan fingerprint density at radius 2 is 2.25 bits per heavy atom. The fourth-order valence-electron chi connectivity index (χ4n) is 2.45. The van der Waals surface area contributed by atoms with Crippen molar-refractivity contribution in [3.05, 3.63) is 34.9 Å². The third-order valence-electron chi connectivity index (χ3n) is 3.42. The van der Waals surface area contributed by atoms with Crippen LogP contribution in [-0.2, 0) is 11.3 Å². The van der Waals surface area contributed by atoms with Gasteiger partial charge in [-0.2, -0.15) is 0 Å². The summed E-state index contributed by atoms with van der Waals surface area (Å²) in [5, 5.41) is 9.73. The van der Waals surface area contributed by atoms with Gasteiger partial charge in [0.1, 0.15) is 6.04 Å². The van der Waals surface area contributed by atoms with E-state index in [1.807, 2.05) is 12.1 Å². The quantitative estimate of drug-likeness (QED) is 0.932.